The van der Waals surface area contributed by atoms with E-state index >= 15 is 0 Å². The summed E-state index contributed by atoms with van der Waals surface area (Å²) >= 11 is 0. The molecule has 7 heteroatoms. The highest BCUT2D eigenvalue weighted by Crippen LogP contribution is 2.13. The predicted molar refractivity (Wildman–Crippen MR) is 97.9 cm³/mol. The number of benzene rings is 1. The summed E-state index contributed by atoms with van der Waals surface area (Å²) in [6, 6.07) is 9.63. The molecule has 0 radical (unpaired) electrons. The van der Waals surface area contributed by atoms with E-state index in [2.05, 4.69) is 53.7 Å². The van der Waals surface area contributed by atoms with Crippen molar-refractivity contribution in [2.24, 2.45) is 0 Å². The van der Waals surface area contributed by atoms with E-state index in [0.717, 1.165) is 17.8 Å². The maximum absolute atomic E-state index is 11.8. The van der Waals surface area contributed by atoms with Crippen molar-refractivity contribution in [2.45, 2.75) is 45.9 Å². The Labute approximate surface area is 149 Å². The molecule has 2 rings (SSSR count). The third kappa shape index (κ3) is 6.54. The van der Waals surface area contributed by atoms with Gasteiger partial charge in [-0.25, -0.2) is 4.79 Å². The summed E-state index contributed by atoms with van der Waals surface area (Å²) in [4.78, 5) is 14.0. The topological polar surface area (TPSA) is 75.1 Å². The first-order chi connectivity index (χ1) is 11.8. The van der Waals surface area contributed by atoms with Crippen molar-refractivity contribution < 1.29 is 4.79 Å². The second-order valence-electron chi connectivity index (χ2n) is 7.09. The summed E-state index contributed by atoms with van der Waals surface area (Å²) in [5.74, 6) is 0. The van der Waals surface area contributed by atoms with E-state index in [1.54, 1.807) is 4.68 Å². The molecule has 1 heterocycles. The van der Waals surface area contributed by atoms with Gasteiger partial charge in [0.15, 0.2) is 0 Å². The van der Waals surface area contributed by atoms with E-state index in [0.29, 0.717) is 19.6 Å². The number of nitrogens with one attached hydrogen (secondary N) is 2. The summed E-state index contributed by atoms with van der Waals surface area (Å²) in [5.41, 5.74) is 2.08. The Balaban J connectivity index is 1.69. The van der Waals surface area contributed by atoms with E-state index in [-0.39, 0.29) is 11.6 Å². The first kappa shape index (κ1) is 18.9. The first-order valence-electron chi connectivity index (χ1n) is 8.50. The molecule has 136 valence electrons. The number of rotatable bonds is 7. The minimum absolute atomic E-state index is 0.0855. The van der Waals surface area contributed by atoms with Gasteiger partial charge in [-0.05, 0) is 33.4 Å². The number of hydrogen-bond donors (Lipinski definition) is 2. The third-order valence-corrected chi connectivity index (χ3v) is 4.05. The van der Waals surface area contributed by atoms with Gasteiger partial charge in [0, 0.05) is 31.4 Å². The van der Waals surface area contributed by atoms with Gasteiger partial charge in [-0.3, -0.25) is 9.58 Å². The van der Waals surface area contributed by atoms with Crippen molar-refractivity contribution in [3.05, 3.63) is 47.8 Å². The van der Waals surface area contributed by atoms with E-state index in [1.165, 1.54) is 0 Å². The number of urea groups is 1. The fraction of sp³-hybridized carbons (Fsp3) is 0.500. The highest BCUT2D eigenvalue weighted by Gasteiger charge is 2.18. The lowest BCUT2D eigenvalue weighted by atomic mass is 10.1. The van der Waals surface area contributed by atoms with Crippen molar-refractivity contribution in [1.29, 1.82) is 0 Å². The Morgan fingerprint density at radius 1 is 1.20 bits per heavy atom. The van der Waals surface area contributed by atoms with Crippen LogP contribution in [0, 0.1) is 0 Å². The maximum atomic E-state index is 11.8. The van der Waals surface area contributed by atoms with Gasteiger partial charge >= 0.3 is 6.03 Å². The van der Waals surface area contributed by atoms with Crippen molar-refractivity contribution in [1.82, 2.24) is 30.5 Å². The molecule has 0 aliphatic heterocycles. The molecule has 1 aromatic heterocycles. The monoisotopic (exact) mass is 344 g/mol. The zero-order chi connectivity index (χ0) is 18.3. The molecule has 0 aliphatic carbocycles. The molecule has 0 spiro atoms. The Kier molecular flexibility index (Phi) is 6.52. The van der Waals surface area contributed by atoms with Crippen LogP contribution in [0.25, 0.3) is 0 Å². The lowest BCUT2D eigenvalue weighted by Gasteiger charge is -2.30. The second kappa shape index (κ2) is 8.62. The zero-order valence-electron chi connectivity index (χ0n) is 15.5. The highest BCUT2D eigenvalue weighted by atomic mass is 16.2. The summed E-state index contributed by atoms with van der Waals surface area (Å²) < 4.78 is 1.75. The Morgan fingerprint density at radius 2 is 1.92 bits per heavy atom. The Morgan fingerprint density at radius 3 is 2.60 bits per heavy atom. The molecular formula is C18H28N6O. The summed E-state index contributed by atoms with van der Waals surface area (Å²) in [7, 11) is 2.07. The lowest BCUT2D eigenvalue weighted by molar-refractivity contribution is 0.165. The Bertz CT molecular complexity index is 662. The molecule has 2 N–H and O–H groups in total. The maximum Gasteiger partial charge on any atom is 0.315 e. The van der Waals surface area contributed by atoms with Crippen LogP contribution in [0.3, 0.4) is 0 Å². The highest BCUT2D eigenvalue weighted by molar-refractivity contribution is 5.73. The molecule has 0 atom stereocenters. The first-order valence-corrected chi connectivity index (χ1v) is 8.50. The lowest BCUT2D eigenvalue weighted by Crippen LogP contribution is -2.37. The molecule has 2 aromatic rings. The van der Waals surface area contributed by atoms with Gasteiger partial charge in [-0.2, -0.15) is 0 Å². The minimum atomic E-state index is -0.184. The van der Waals surface area contributed by atoms with Crippen molar-refractivity contribution >= 4 is 6.03 Å². The van der Waals surface area contributed by atoms with Crippen LogP contribution in [0.5, 0.6) is 0 Å². The van der Waals surface area contributed by atoms with Crippen molar-refractivity contribution in [2.75, 3.05) is 13.6 Å². The summed E-state index contributed by atoms with van der Waals surface area (Å²) in [6.45, 7) is 8.83. The van der Waals surface area contributed by atoms with Gasteiger partial charge in [0.1, 0.15) is 0 Å². The fourth-order valence-electron chi connectivity index (χ4n) is 2.13. The standard InChI is InChI=1S/C18H28N6O/c1-18(2,3)23(4)13-16-14-24(22-21-16)11-10-19-17(25)20-12-15-8-6-5-7-9-15/h5-9,14H,10-13H2,1-4H3,(H2,19,20,25). The van der Waals surface area contributed by atoms with E-state index in [9.17, 15) is 4.79 Å². The summed E-state index contributed by atoms with van der Waals surface area (Å²) in [5, 5.41) is 14.0. The van der Waals surface area contributed by atoms with Crippen LogP contribution in [0.2, 0.25) is 0 Å². The third-order valence-electron chi connectivity index (χ3n) is 4.05. The SMILES string of the molecule is CN(Cc1cn(CCNC(=O)NCc2ccccc2)nn1)C(C)(C)C. The van der Waals surface area contributed by atoms with Gasteiger partial charge in [0.2, 0.25) is 0 Å². The smallest absolute Gasteiger partial charge is 0.315 e. The van der Waals surface area contributed by atoms with Crippen molar-refractivity contribution in [3.63, 3.8) is 0 Å². The van der Waals surface area contributed by atoms with Crippen LogP contribution < -0.4 is 10.6 Å². The van der Waals surface area contributed by atoms with Gasteiger partial charge in [-0.15, -0.1) is 5.10 Å². The summed E-state index contributed by atoms with van der Waals surface area (Å²) in [6.07, 6.45) is 1.92. The molecule has 0 aliphatic rings. The molecule has 25 heavy (non-hydrogen) atoms. The van der Waals surface area contributed by atoms with Crippen LogP contribution in [0.15, 0.2) is 36.5 Å². The largest absolute Gasteiger partial charge is 0.336 e. The Hall–Kier alpha value is -2.41. The second-order valence-corrected chi connectivity index (χ2v) is 7.09. The van der Waals surface area contributed by atoms with Crippen LogP contribution in [0.4, 0.5) is 4.79 Å². The number of hydrogen-bond acceptors (Lipinski definition) is 4. The van der Waals surface area contributed by atoms with Gasteiger partial charge < -0.3 is 10.6 Å². The average molecular weight is 344 g/mol. The number of carbonyl (C=O) groups is 1. The van der Waals surface area contributed by atoms with E-state index in [4.69, 9.17) is 0 Å². The van der Waals surface area contributed by atoms with Crippen LogP contribution in [0.1, 0.15) is 32.0 Å². The predicted octanol–water partition coefficient (Wildman–Crippen LogP) is 2.01. The van der Waals surface area contributed by atoms with Gasteiger partial charge in [0.25, 0.3) is 0 Å². The molecule has 0 bridgehead atoms. The molecule has 0 saturated carbocycles. The number of carbonyl (C=O) groups excluding carboxylic acids is 1. The molecule has 0 saturated heterocycles. The zero-order valence-corrected chi connectivity index (χ0v) is 15.5. The average Bonchev–Trinajstić information content (AvgIpc) is 3.00. The van der Waals surface area contributed by atoms with Gasteiger partial charge in [0.05, 0.1) is 12.2 Å². The quantitative estimate of drug-likeness (QED) is 0.806. The molecule has 0 fully saturated rings. The van der Waals surface area contributed by atoms with Crippen LogP contribution in [-0.2, 0) is 19.6 Å². The molecule has 7 nitrogen and oxygen atoms in total. The normalized spacial score (nSPS) is 11.6. The number of aromatic nitrogens is 3. The minimum Gasteiger partial charge on any atom is -0.336 e. The number of amides is 2. The van der Waals surface area contributed by atoms with Crippen LogP contribution >= 0.6 is 0 Å². The van der Waals surface area contributed by atoms with Crippen molar-refractivity contribution in [3.8, 4) is 0 Å². The molecule has 0 unspecified atom stereocenters. The van der Waals surface area contributed by atoms with E-state index < -0.39 is 0 Å². The fourth-order valence-corrected chi connectivity index (χ4v) is 2.13. The van der Waals surface area contributed by atoms with Crippen LogP contribution in [-0.4, -0.2) is 45.1 Å². The molecule has 2 amide bonds. The number of nitrogens with zero attached hydrogens (tertiary/aromatic N) is 4. The van der Waals surface area contributed by atoms with Gasteiger partial charge in [-0.1, -0.05) is 35.5 Å². The molecular weight excluding hydrogens is 316 g/mol. The van der Waals surface area contributed by atoms with E-state index in [1.807, 2.05) is 36.5 Å². The molecule has 1 aromatic carbocycles.